The van der Waals surface area contributed by atoms with Crippen molar-refractivity contribution in [2.24, 2.45) is 11.8 Å². The summed E-state index contributed by atoms with van der Waals surface area (Å²) in [6.07, 6.45) is 8.47. The van der Waals surface area contributed by atoms with Gasteiger partial charge in [-0.3, -0.25) is 0 Å². The van der Waals surface area contributed by atoms with E-state index in [9.17, 15) is 14.3 Å². The fourth-order valence-corrected chi connectivity index (χ4v) is 4.82. The Morgan fingerprint density at radius 2 is 1.88 bits per heavy atom. The number of benzene rings is 2. The molecular formula is C29H37FO2. The Labute approximate surface area is 192 Å². The highest BCUT2D eigenvalue weighted by atomic mass is 19.1. The molecule has 3 heteroatoms. The fourth-order valence-electron chi connectivity index (χ4n) is 4.82. The number of rotatable bonds is 10. The average Bonchev–Trinajstić information content (AvgIpc) is 2.70. The van der Waals surface area contributed by atoms with Crippen LogP contribution in [-0.4, -0.2) is 11.1 Å². The first-order chi connectivity index (χ1) is 15.3. The zero-order valence-electron chi connectivity index (χ0n) is 20.0. The van der Waals surface area contributed by atoms with Crippen molar-refractivity contribution in [2.45, 2.75) is 79.1 Å². The molecule has 0 aromatic heterocycles. The molecule has 1 fully saturated rings. The van der Waals surface area contributed by atoms with Gasteiger partial charge in [0.1, 0.15) is 5.82 Å². The lowest BCUT2D eigenvalue weighted by atomic mass is 9.74. The van der Waals surface area contributed by atoms with Crippen LogP contribution in [0.5, 0.6) is 0 Å². The van der Waals surface area contributed by atoms with Gasteiger partial charge < -0.3 is 5.11 Å². The van der Waals surface area contributed by atoms with Gasteiger partial charge in [0, 0.05) is 5.57 Å². The van der Waals surface area contributed by atoms with Crippen LogP contribution in [0.25, 0.3) is 5.57 Å². The number of unbranched alkanes of at least 4 members (excludes halogenated alkanes) is 1. The highest BCUT2D eigenvalue weighted by Gasteiger charge is 2.24. The number of halogens is 1. The molecular weight excluding hydrogens is 399 g/mol. The predicted octanol–water partition coefficient (Wildman–Crippen LogP) is 7.89. The summed E-state index contributed by atoms with van der Waals surface area (Å²) in [6, 6.07) is 11.0. The molecule has 0 amide bonds. The van der Waals surface area contributed by atoms with Gasteiger partial charge in [0.05, 0.1) is 0 Å². The van der Waals surface area contributed by atoms with E-state index in [0.717, 1.165) is 59.8 Å². The smallest absolute Gasteiger partial charge is 0.332 e. The van der Waals surface area contributed by atoms with Crippen molar-refractivity contribution in [2.75, 3.05) is 0 Å². The zero-order valence-corrected chi connectivity index (χ0v) is 20.0. The molecule has 0 aliphatic heterocycles. The Kier molecular flexibility index (Phi) is 8.28. The Hall–Kier alpha value is -2.42. The van der Waals surface area contributed by atoms with Gasteiger partial charge in [0.15, 0.2) is 0 Å². The van der Waals surface area contributed by atoms with E-state index in [1.54, 1.807) is 6.07 Å². The molecule has 0 bridgehead atoms. The minimum absolute atomic E-state index is 0.300. The molecule has 0 radical (unpaired) electrons. The van der Waals surface area contributed by atoms with Crippen LogP contribution in [-0.2, 0) is 11.2 Å². The third-order valence-corrected chi connectivity index (χ3v) is 7.26. The molecule has 1 saturated carbocycles. The van der Waals surface area contributed by atoms with Gasteiger partial charge in [-0.15, -0.1) is 0 Å². The molecule has 1 aliphatic rings. The number of aryl methyl sites for hydroxylation is 3. The third-order valence-electron chi connectivity index (χ3n) is 7.26. The summed E-state index contributed by atoms with van der Waals surface area (Å²) in [6.45, 7) is 8.42. The van der Waals surface area contributed by atoms with Crippen LogP contribution >= 0.6 is 0 Å². The lowest BCUT2D eigenvalue weighted by Gasteiger charge is -2.31. The van der Waals surface area contributed by atoms with Crippen LogP contribution in [0.15, 0.2) is 42.0 Å². The lowest BCUT2D eigenvalue weighted by molar-refractivity contribution is -0.132. The summed E-state index contributed by atoms with van der Waals surface area (Å²) in [5, 5.41) is 10.1. The van der Waals surface area contributed by atoms with Crippen molar-refractivity contribution < 1.29 is 14.3 Å². The van der Waals surface area contributed by atoms with Gasteiger partial charge in [0.2, 0.25) is 0 Å². The van der Waals surface area contributed by atoms with Crippen molar-refractivity contribution in [3.05, 3.63) is 75.6 Å². The molecule has 2 nitrogen and oxygen atoms in total. The highest BCUT2D eigenvalue weighted by molar-refractivity contribution is 6.01. The summed E-state index contributed by atoms with van der Waals surface area (Å²) in [5.74, 6) is 0.396. The predicted molar refractivity (Wildman–Crippen MR) is 130 cm³/mol. The molecule has 1 N–H and O–H groups in total. The summed E-state index contributed by atoms with van der Waals surface area (Å²) in [4.78, 5) is 12.3. The summed E-state index contributed by atoms with van der Waals surface area (Å²) < 4.78 is 13.8. The van der Waals surface area contributed by atoms with E-state index < -0.39 is 5.97 Å². The number of carboxylic acid groups (broad SMARTS) is 1. The molecule has 3 rings (SSSR count). The van der Waals surface area contributed by atoms with Crippen molar-refractivity contribution in [1.29, 1.82) is 0 Å². The molecule has 1 aliphatic carbocycles. The molecule has 1 unspecified atom stereocenters. The number of hydrogen-bond acceptors (Lipinski definition) is 1. The quantitative estimate of drug-likeness (QED) is 0.384. The van der Waals surface area contributed by atoms with Crippen LogP contribution in [0.3, 0.4) is 0 Å². The minimum atomic E-state index is -0.891. The molecule has 0 spiro atoms. The number of aliphatic carboxylic acids is 1. The van der Waals surface area contributed by atoms with Gasteiger partial charge in [0.25, 0.3) is 0 Å². The monoisotopic (exact) mass is 436 g/mol. The Bertz CT molecular complexity index is 985. The maximum Gasteiger partial charge on any atom is 0.332 e. The summed E-state index contributed by atoms with van der Waals surface area (Å²) in [7, 11) is 0. The van der Waals surface area contributed by atoms with Gasteiger partial charge in [-0.25, -0.2) is 9.18 Å². The molecule has 1 atom stereocenters. The first kappa shape index (κ1) is 24.2. The van der Waals surface area contributed by atoms with Crippen LogP contribution in [0.2, 0.25) is 0 Å². The van der Waals surface area contributed by atoms with Crippen LogP contribution in [0.1, 0.15) is 86.6 Å². The van der Waals surface area contributed by atoms with Crippen LogP contribution < -0.4 is 0 Å². The molecule has 32 heavy (non-hydrogen) atoms. The van der Waals surface area contributed by atoms with Gasteiger partial charge in [-0.1, -0.05) is 63.8 Å². The summed E-state index contributed by atoms with van der Waals surface area (Å²) >= 11 is 0. The average molecular weight is 437 g/mol. The minimum Gasteiger partial charge on any atom is -0.478 e. The van der Waals surface area contributed by atoms with Gasteiger partial charge in [-0.05, 0) is 96.9 Å². The maximum absolute atomic E-state index is 13.8. The van der Waals surface area contributed by atoms with Crippen molar-refractivity contribution in [3.63, 3.8) is 0 Å². The Morgan fingerprint density at radius 3 is 2.47 bits per heavy atom. The summed E-state index contributed by atoms with van der Waals surface area (Å²) in [5.41, 5.74) is 6.16. The molecule has 0 heterocycles. The Morgan fingerprint density at radius 1 is 1.12 bits per heavy atom. The second-order valence-corrected chi connectivity index (χ2v) is 9.57. The molecule has 2 aromatic carbocycles. The van der Waals surface area contributed by atoms with Gasteiger partial charge >= 0.3 is 5.97 Å². The van der Waals surface area contributed by atoms with E-state index in [1.165, 1.54) is 42.5 Å². The van der Waals surface area contributed by atoms with Crippen LogP contribution in [0, 0.1) is 31.5 Å². The second-order valence-electron chi connectivity index (χ2n) is 9.57. The first-order valence-electron chi connectivity index (χ1n) is 12.1. The van der Waals surface area contributed by atoms with E-state index >= 15 is 0 Å². The van der Waals surface area contributed by atoms with E-state index in [0.29, 0.717) is 12.0 Å². The second kappa shape index (κ2) is 10.9. The number of hydrogen-bond donors (Lipinski definition) is 1. The first-order valence-corrected chi connectivity index (χ1v) is 12.1. The topological polar surface area (TPSA) is 37.3 Å². The van der Waals surface area contributed by atoms with Crippen molar-refractivity contribution >= 4 is 11.5 Å². The molecule has 0 saturated heterocycles. The third kappa shape index (κ3) is 5.68. The SMILES string of the molecule is CCCC/C(C(=O)O)=C(/c1ccc(C)c(CCC(C)C2CCC2)c1)c1ccc(F)cc1C. The highest BCUT2D eigenvalue weighted by Crippen LogP contribution is 2.37. The number of carbonyl (C=O) groups is 1. The van der Waals surface area contributed by atoms with E-state index in [-0.39, 0.29) is 5.82 Å². The van der Waals surface area contributed by atoms with E-state index in [4.69, 9.17) is 0 Å². The standard InChI is InChI=1S/C29H37FO2/c1-5-6-10-27(29(31)32)28(26-16-15-25(30)17-21(26)4)24-14-12-20(3)23(18-24)13-11-19(2)22-8-7-9-22/h12,14-19,22H,5-11,13H2,1-4H3,(H,31,32)/b28-27+. The van der Waals surface area contributed by atoms with Crippen molar-refractivity contribution in [3.8, 4) is 0 Å². The lowest BCUT2D eigenvalue weighted by Crippen LogP contribution is -2.20. The molecule has 172 valence electrons. The maximum atomic E-state index is 13.8. The van der Waals surface area contributed by atoms with Crippen LogP contribution in [0.4, 0.5) is 4.39 Å². The van der Waals surface area contributed by atoms with E-state index in [1.807, 2.05) is 13.0 Å². The zero-order chi connectivity index (χ0) is 23.3. The number of carboxylic acids is 1. The molecule has 2 aromatic rings. The largest absolute Gasteiger partial charge is 0.478 e. The van der Waals surface area contributed by atoms with Gasteiger partial charge in [-0.2, -0.15) is 0 Å². The van der Waals surface area contributed by atoms with E-state index in [2.05, 4.69) is 32.9 Å². The Balaban J connectivity index is 2.05. The fraction of sp³-hybridized carbons (Fsp3) is 0.483. The normalized spacial score (nSPS) is 15.8. The van der Waals surface area contributed by atoms with Crippen molar-refractivity contribution in [1.82, 2.24) is 0 Å².